The van der Waals surface area contributed by atoms with E-state index >= 15 is 0 Å². The van der Waals surface area contributed by atoms with E-state index in [-0.39, 0.29) is 11.5 Å². The number of aliphatic imine (C=N–C) groups is 1. The maximum atomic E-state index is 5.51. The average molecular weight is 405 g/mol. The van der Waals surface area contributed by atoms with Crippen molar-refractivity contribution in [1.82, 2.24) is 15.6 Å². The topological polar surface area (TPSA) is 67.8 Å². The highest BCUT2D eigenvalue weighted by atomic mass is 32.1. The molecule has 1 aromatic carbocycles. The molecule has 2 N–H and O–H groups in total. The largest absolute Gasteiger partial charge is 0.497 e. The van der Waals surface area contributed by atoms with Crippen LogP contribution in [-0.2, 0) is 12.0 Å². The van der Waals surface area contributed by atoms with E-state index in [2.05, 4.69) is 50.6 Å². The molecule has 1 heterocycles. The van der Waals surface area contributed by atoms with Gasteiger partial charge in [-0.1, -0.05) is 20.8 Å². The van der Waals surface area contributed by atoms with E-state index in [4.69, 9.17) is 19.5 Å². The van der Waals surface area contributed by atoms with Crippen LogP contribution in [0.4, 0.5) is 0 Å². The van der Waals surface area contributed by atoms with E-state index in [9.17, 15) is 0 Å². The van der Waals surface area contributed by atoms with E-state index < -0.39 is 0 Å². The van der Waals surface area contributed by atoms with E-state index in [1.54, 1.807) is 25.6 Å². The minimum atomic E-state index is -0.00992. The molecule has 6 nitrogen and oxygen atoms in total. The number of hydrogen-bond donors (Lipinski definition) is 2. The van der Waals surface area contributed by atoms with Gasteiger partial charge >= 0.3 is 0 Å². The Hall–Kier alpha value is -2.28. The van der Waals surface area contributed by atoms with Crippen LogP contribution in [0.2, 0.25) is 0 Å². The molecule has 1 unspecified atom stereocenters. The van der Waals surface area contributed by atoms with Gasteiger partial charge in [0, 0.05) is 22.9 Å². The van der Waals surface area contributed by atoms with Crippen LogP contribution in [0.5, 0.6) is 11.5 Å². The lowest BCUT2D eigenvalue weighted by molar-refractivity contribution is 0.394. The Balaban J connectivity index is 2.15. The molecule has 0 spiro atoms. The van der Waals surface area contributed by atoms with Crippen LogP contribution < -0.4 is 20.1 Å². The minimum absolute atomic E-state index is 0.00992. The highest BCUT2D eigenvalue weighted by Gasteiger charge is 2.18. The lowest BCUT2D eigenvalue weighted by atomic mass is 9.93. The second-order valence-corrected chi connectivity index (χ2v) is 8.49. The van der Waals surface area contributed by atoms with Crippen LogP contribution in [0.3, 0.4) is 0 Å². The van der Waals surface area contributed by atoms with Crippen LogP contribution in [0.15, 0.2) is 28.6 Å². The average Bonchev–Trinajstić information content (AvgIpc) is 3.15. The number of benzene rings is 1. The van der Waals surface area contributed by atoms with Crippen molar-refractivity contribution in [2.24, 2.45) is 4.99 Å². The second-order valence-electron chi connectivity index (χ2n) is 7.55. The van der Waals surface area contributed by atoms with Gasteiger partial charge in [-0.2, -0.15) is 0 Å². The van der Waals surface area contributed by atoms with Crippen molar-refractivity contribution in [3.8, 4) is 11.5 Å². The van der Waals surface area contributed by atoms with Gasteiger partial charge in [0.15, 0.2) is 5.96 Å². The van der Waals surface area contributed by atoms with E-state index in [0.29, 0.717) is 6.54 Å². The molecule has 2 aromatic rings. The molecule has 154 valence electrons. The van der Waals surface area contributed by atoms with Crippen molar-refractivity contribution in [1.29, 1.82) is 0 Å². The minimum Gasteiger partial charge on any atom is -0.497 e. The van der Waals surface area contributed by atoms with Gasteiger partial charge in [-0.05, 0) is 32.0 Å². The summed E-state index contributed by atoms with van der Waals surface area (Å²) in [5.41, 5.74) is 2.17. The normalized spacial score (nSPS) is 13.2. The first-order chi connectivity index (χ1) is 13.3. The molecule has 0 bridgehead atoms. The van der Waals surface area contributed by atoms with Gasteiger partial charge in [0.05, 0.1) is 32.5 Å². The number of nitrogens with zero attached hydrogens (tertiary/aromatic N) is 2. The molecule has 0 aliphatic rings. The highest BCUT2D eigenvalue weighted by Crippen LogP contribution is 2.29. The lowest BCUT2D eigenvalue weighted by Gasteiger charge is -2.20. The predicted octanol–water partition coefficient (Wildman–Crippen LogP) is 4.27. The number of ether oxygens (including phenoxy) is 2. The molecule has 7 heteroatoms. The SMILES string of the molecule is CCNC(=NCc1nc(C(C)(C)C)cs1)NC(C)c1cc(OC)ccc1OC. The molecular weight excluding hydrogens is 372 g/mol. The summed E-state index contributed by atoms with van der Waals surface area (Å²) in [5, 5.41) is 9.88. The van der Waals surface area contributed by atoms with Crippen molar-refractivity contribution >= 4 is 17.3 Å². The van der Waals surface area contributed by atoms with Crippen LogP contribution in [0, 0.1) is 0 Å². The van der Waals surface area contributed by atoms with Gasteiger partial charge < -0.3 is 20.1 Å². The highest BCUT2D eigenvalue weighted by molar-refractivity contribution is 7.09. The molecule has 28 heavy (non-hydrogen) atoms. The monoisotopic (exact) mass is 404 g/mol. The van der Waals surface area contributed by atoms with Crippen LogP contribution in [0.1, 0.15) is 56.9 Å². The summed E-state index contributed by atoms with van der Waals surface area (Å²) < 4.78 is 10.9. The zero-order valence-corrected chi connectivity index (χ0v) is 18.7. The first-order valence-corrected chi connectivity index (χ1v) is 10.4. The Morgan fingerprint density at radius 1 is 1.25 bits per heavy atom. The number of hydrogen-bond acceptors (Lipinski definition) is 5. The van der Waals surface area contributed by atoms with Crippen molar-refractivity contribution in [2.75, 3.05) is 20.8 Å². The van der Waals surface area contributed by atoms with Crippen molar-refractivity contribution < 1.29 is 9.47 Å². The van der Waals surface area contributed by atoms with Crippen LogP contribution >= 0.6 is 11.3 Å². The smallest absolute Gasteiger partial charge is 0.192 e. The van der Waals surface area contributed by atoms with Crippen molar-refractivity contribution in [3.05, 3.63) is 39.8 Å². The first-order valence-electron chi connectivity index (χ1n) is 9.50. The molecule has 0 fully saturated rings. The third kappa shape index (κ3) is 5.86. The Labute approximate surface area is 172 Å². The molecule has 1 atom stereocenters. The lowest BCUT2D eigenvalue weighted by Crippen LogP contribution is -2.38. The molecule has 0 saturated heterocycles. The molecule has 0 aliphatic carbocycles. The molecule has 1 aromatic heterocycles. The number of rotatable bonds is 7. The number of nitrogens with one attached hydrogen (secondary N) is 2. The number of methoxy groups -OCH3 is 2. The molecular formula is C21H32N4O2S. The Morgan fingerprint density at radius 2 is 2.00 bits per heavy atom. The van der Waals surface area contributed by atoms with E-state index in [0.717, 1.165) is 40.3 Å². The first kappa shape index (κ1) is 22.0. The summed E-state index contributed by atoms with van der Waals surface area (Å²) in [5.74, 6) is 2.35. The molecule has 2 rings (SSSR count). The van der Waals surface area contributed by atoms with E-state index in [1.165, 1.54) is 0 Å². The summed E-state index contributed by atoms with van der Waals surface area (Å²) in [6.45, 7) is 12.0. The quantitative estimate of drug-likeness (QED) is 0.533. The maximum absolute atomic E-state index is 5.51. The van der Waals surface area contributed by atoms with Crippen molar-refractivity contribution in [3.63, 3.8) is 0 Å². The zero-order chi connectivity index (χ0) is 20.7. The standard InChI is InChI=1S/C21H32N4O2S/c1-8-22-20(23-12-19-25-18(13-28-19)21(3,4)5)24-14(2)16-11-15(26-6)9-10-17(16)27-7/h9-11,13-14H,8,12H2,1-7H3,(H2,22,23,24). The number of aromatic nitrogens is 1. The Kier molecular flexibility index (Phi) is 7.69. The molecule has 0 saturated carbocycles. The van der Waals surface area contributed by atoms with Gasteiger partial charge in [-0.3, -0.25) is 0 Å². The van der Waals surface area contributed by atoms with Gasteiger partial charge in [0.25, 0.3) is 0 Å². The second kappa shape index (κ2) is 9.78. The van der Waals surface area contributed by atoms with Gasteiger partial charge in [0.1, 0.15) is 16.5 Å². The van der Waals surface area contributed by atoms with Crippen LogP contribution in [-0.4, -0.2) is 31.7 Å². The summed E-state index contributed by atoms with van der Waals surface area (Å²) in [6, 6.07) is 5.78. The number of thiazole rings is 1. The van der Waals surface area contributed by atoms with E-state index in [1.807, 2.05) is 18.2 Å². The molecule has 0 aliphatic heterocycles. The fourth-order valence-electron chi connectivity index (χ4n) is 2.66. The third-order valence-corrected chi connectivity index (χ3v) is 5.13. The summed E-state index contributed by atoms with van der Waals surface area (Å²) in [7, 11) is 3.33. The summed E-state index contributed by atoms with van der Waals surface area (Å²) >= 11 is 1.65. The predicted molar refractivity (Wildman–Crippen MR) is 117 cm³/mol. The summed E-state index contributed by atoms with van der Waals surface area (Å²) in [6.07, 6.45) is 0. The zero-order valence-electron chi connectivity index (χ0n) is 17.9. The number of guanidine groups is 1. The van der Waals surface area contributed by atoms with Gasteiger partial charge in [0.2, 0.25) is 0 Å². The van der Waals surface area contributed by atoms with Crippen molar-refractivity contribution in [2.45, 2.75) is 52.6 Å². The summed E-state index contributed by atoms with van der Waals surface area (Å²) in [4.78, 5) is 9.43. The fraction of sp³-hybridized carbons (Fsp3) is 0.524. The fourth-order valence-corrected chi connectivity index (χ4v) is 3.60. The molecule has 0 amide bonds. The third-order valence-electron chi connectivity index (χ3n) is 4.29. The maximum Gasteiger partial charge on any atom is 0.192 e. The molecule has 0 radical (unpaired) electrons. The van der Waals surface area contributed by atoms with Gasteiger partial charge in [-0.15, -0.1) is 11.3 Å². The Bertz CT molecular complexity index is 796. The van der Waals surface area contributed by atoms with Gasteiger partial charge in [-0.25, -0.2) is 9.98 Å². The Morgan fingerprint density at radius 3 is 2.57 bits per heavy atom. The van der Waals surface area contributed by atoms with Crippen LogP contribution in [0.25, 0.3) is 0 Å².